The number of anilines is 1. The molecule has 0 saturated carbocycles. The molecule has 0 bridgehead atoms. The second-order valence-electron chi connectivity index (χ2n) is 8.91. The summed E-state index contributed by atoms with van der Waals surface area (Å²) in [6.45, 7) is 0.0905. The maximum absolute atomic E-state index is 12.5. The lowest BCUT2D eigenvalue weighted by Gasteiger charge is -2.08. The van der Waals surface area contributed by atoms with Crippen LogP contribution < -0.4 is 10.1 Å². The summed E-state index contributed by atoms with van der Waals surface area (Å²) in [6.07, 6.45) is 1.72. The van der Waals surface area contributed by atoms with Gasteiger partial charge in [0.25, 0.3) is 11.1 Å². The van der Waals surface area contributed by atoms with Gasteiger partial charge < -0.3 is 14.5 Å². The van der Waals surface area contributed by atoms with Crippen LogP contribution in [0, 0.1) is 0 Å². The molecule has 7 aromatic rings. The number of carbonyl (C=O) groups excluding carboxylic acids is 1. The highest BCUT2D eigenvalue weighted by molar-refractivity contribution is 9.10. The van der Waals surface area contributed by atoms with Gasteiger partial charge in [-0.1, -0.05) is 63.3 Å². The summed E-state index contributed by atoms with van der Waals surface area (Å²) in [5.41, 5.74) is 2.77. The third-order valence-corrected chi connectivity index (χ3v) is 9.55. The molecule has 0 saturated heterocycles. The summed E-state index contributed by atoms with van der Waals surface area (Å²) in [5.74, 6) is 0.891. The molecule has 202 valence electrons. The first-order valence-corrected chi connectivity index (χ1v) is 15.8. The number of carbonyl (C=O) groups is 1. The van der Waals surface area contributed by atoms with E-state index in [1.54, 1.807) is 17.5 Å². The minimum atomic E-state index is -0.207. The van der Waals surface area contributed by atoms with Crippen molar-refractivity contribution in [2.45, 2.75) is 11.8 Å². The van der Waals surface area contributed by atoms with E-state index in [1.807, 2.05) is 30.3 Å². The molecule has 0 spiro atoms. The number of nitrogens with zero attached hydrogens (tertiary/aromatic N) is 4. The van der Waals surface area contributed by atoms with Crippen LogP contribution in [0.15, 0.2) is 93.1 Å². The first kappa shape index (κ1) is 26.1. The second kappa shape index (κ2) is 11.2. The zero-order chi connectivity index (χ0) is 27.8. The van der Waals surface area contributed by atoms with E-state index in [1.165, 1.54) is 26.3 Å². The van der Waals surface area contributed by atoms with Crippen molar-refractivity contribution >= 4 is 92.6 Å². The van der Waals surface area contributed by atoms with Gasteiger partial charge >= 0.3 is 0 Å². The van der Waals surface area contributed by atoms with Crippen molar-refractivity contribution in [1.29, 1.82) is 0 Å². The van der Waals surface area contributed by atoms with Crippen LogP contribution in [-0.4, -0.2) is 31.8 Å². The molecule has 0 aliphatic carbocycles. The van der Waals surface area contributed by atoms with E-state index in [-0.39, 0.29) is 18.3 Å². The van der Waals surface area contributed by atoms with E-state index < -0.39 is 0 Å². The van der Waals surface area contributed by atoms with E-state index in [9.17, 15) is 4.79 Å². The Bertz CT molecular complexity index is 2020. The molecule has 41 heavy (non-hydrogen) atoms. The van der Waals surface area contributed by atoms with Crippen molar-refractivity contribution in [3.05, 3.63) is 89.4 Å². The largest absolute Gasteiger partial charge is 0.483 e. The zero-order valence-electron chi connectivity index (χ0n) is 21.0. The summed E-state index contributed by atoms with van der Waals surface area (Å²) in [6, 6.07) is 24.4. The van der Waals surface area contributed by atoms with Crippen LogP contribution >= 0.6 is 50.4 Å². The van der Waals surface area contributed by atoms with E-state index >= 15 is 0 Å². The topological polar surface area (TPSA) is 103 Å². The molecule has 0 aliphatic heterocycles. The monoisotopic (exact) mass is 659 g/mol. The van der Waals surface area contributed by atoms with Gasteiger partial charge in [0.1, 0.15) is 5.75 Å². The first-order chi connectivity index (χ1) is 20.1. The standard InChI is InChI=1S/C29H18BrN5O3S3/c30-18-6-8-21-25(13-18)41-28(32-21)33-26(36)15-39-29-35-34-27(38-29)14-37-22-9-10-31-20-7-5-17(11-19(20)22)24-12-16-3-1-2-4-23(16)40-24/h1-13H,14-15H2,(H,32,33,36). The van der Waals surface area contributed by atoms with Crippen LogP contribution in [0.4, 0.5) is 5.13 Å². The number of nitrogens with one attached hydrogen (secondary N) is 1. The van der Waals surface area contributed by atoms with Gasteiger partial charge in [-0.2, -0.15) is 0 Å². The van der Waals surface area contributed by atoms with Gasteiger partial charge in [0, 0.05) is 25.6 Å². The smallest absolute Gasteiger partial charge is 0.277 e. The Morgan fingerprint density at radius 2 is 1.88 bits per heavy atom. The molecule has 0 aliphatic rings. The summed E-state index contributed by atoms with van der Waals surface area (Å²) in [7, 11) is 0. The molecule has 8 nitrogen and oxygen atoms in total. The lowest BCUT2D eigenvalue weighted by Crippen LogP contribution is -2.13. The Morgan fingerprint density at radius 1 is 0.976 bits per heavy atom. The van der Waals surface area contributed by atoms with Crippen LogP contribution in [0.1, 0.15) is 5.89 Å². The summed E-state index contributed by atoms with van der Waals surface area (Å²) in [5, 5.41) is 13.9. The van der Waals surface area contributed by atoms with Crippen molar-refractivity contribution in [2.24, 2.45) is 0 Å². The predicted molar refractivity (Wildman–Crippen MR) is 168 cm³/mol. The number of amides is 1. The number of thiophene rings is 1. The average Bonchev–Trinajstić information content (AvgIpc) is 3.72. The SMILES string of the molecule is O=C(CSc1nnc(COc2ccnc3ccc(-c4cc5ccccc5s4)cc23)o1)Nc1nc2ccc(Br)cc2s1. The Balaban J connectivity index is 0.997. The number of fused-ring (bicyclic) bond motifs is 3. The number of benzene rings is 3. The zero-order valence-corrected chi connectivity index (χ0v) is 25.1. The minimum absolute atomic E-state index is 0.0905. The molecule has 1 N–H and O–H groups in total. The third kappa shape index (κ3) is 5.68. The molecule has 4 aromatic heterocycles. The molecule has 3 aromatic carbocycles. The van der Waals surface area contributed by atoms with Crippen molar-refractivity contribution < 1.29 is 13.9 Å². The number of ether oxygens (including phenoxy) is 1. The van der Waals surface area contributed by atoms with E-state index in [0.717, 1.165) is 42.9 Å². The maximum atomic E-state index is 12.5. The molecule has 7 rings (SSSR count). The fourth-order valence-corrected chi connectivity index (χ4v) is 7.33. The molecule has 1 amide bonds. The van der Waals surface area contributed by atoms with Gasteiger partial charge in [0.05, 0.1) is 21.5 Å². The Labute approximate surface area is 253 Å². The highest BCUT2D eigenvalue weighted by Crippen LogP contribution is 2.36. The highest BCUT2D eigenvalue weighted by Gasteiger charge is 2.14. The fraction of sp³-hybridized carbons (Fsp3) is 0.0690. The van der Waals surface area contributed by atoms with Crippen molar-refractivity contribution in [2.75, 3.05) is 11.1 Å². The Kier molecular flexibility index (Phi) is 7.13. The number of hydrogen-bond donors (Lipinski definition) is 1. The number of thioether (sulfide) groups is 1. The molecular formula is C29H18BrN5O3S3. The highest BCUT2D eigenvalue weighted by atomic mass is 79.9. The molecule has 0 fully saturated rings. The number of rotatable bonds is 8. The van der Waals surface area contributed by atoms with Gasteiger partial charge in [0.15, 0.2) is 11.7 Å². The van der Waals surface area contributed by atoms with Crippen molar-refractivity contribution in [3.8, 4) is 16.2 Å². The molecule has 4 heterocycles. The average molecular weight is 661 g/mol. The van der Waals surface area contributed by atoms with Crippen LogP contribution in [-0.2, 0) is 11.4 Å². The van der Waals surface area contributed by atoms with E-state index in [0.29, 0.717) is 22.0 Å². The number of thiazole rings is 1. The third-order valence-electron chi connectivity index (χ3n) is 6.13. The van der Waals surface area contributed by atoms with Gasteiger partial charge in [-0.15, -0.1) is 21.5 Å². The quantitative estimate of drug-likeness (QED) is 0.163. The number of pyridine rings is 1. The van der Waals surface area contributed by atoms with Gasteiger partial charge in [-0.25, -0.2) is 4.98 Å². The second-order valence-corrected chi connectivity index (χ2v) is 12.9. The van der Waals surface area contributed by atoms with Gasteiger partial charge in [-0.3, -0.25) is 9.78 Å². The number of halogens is 1. The molecule has 0 atom stereocenters. The van der Waals surface area contributed by atoms with Crippen LogP contribution in [0.5, 0.6) is 5.75 Å². The minimum Gasteiger partial charge on any atom is -0.483 e. The van der Waals surface area contributed by atoms with Crippen LogP contribution in [0.25, 0.3) is 41.6 Å². The Hall–Kier alpha value is -3.84. The summed E-state index contributed by atoms with van der Waals surface area (Å²) in [4.78, 5) is 22.6. The van der Waals surface area contributed by atoms with E-state index in [2.05, 4.69) is 83.9 Å². The fourth-order valence-electron chi connectivity index (χ4n) is 4.25. The molecule has 0 unspecified atom stereocenters. The van der Waals surface area contributed by atoms with Crippen LogP contribution in [0.2, 0.25) is 0 Å². The van der Waals surface area contributed by atoms with Gasteiger partial charge in [-0.05, 0) is 59.5 Å². The maximum Gasteiger partial charge on any atom is 0.277 e. The summed E-state index contributed by atoms with van der Waals surface area (Å²) >= 11 is 7.78. The lowest BCUT2D eigenvalue weighted by molar-refractivity contribution is -0.113. The number of hydrogen-bond acceptors (Lipinski definition) is 10. The number of aromatic nitrogens is 4. The molecule has 0 radical (unpaired) electrons. The molecule has 12 heteroatoms. The van der Waals surface area contributed by atoms with Crippen molar-refractivity contribution in [3.63, 3.8) is 0 Å². The molecular weight excluding hydrogens is 642 g/mol. The van der Waals surface area contributed by atoms with E-state index in [4.69, 9.17) is 9.15 Å². The first-order valence-electron chi connectivity index (χ1n) is 12.4. The van der Waals surface area contributed by atoms with Crippen LogP contribution in [0.3, 0.4) is 0 Å². The lowest BCUT2D eigenvalue weighted by atomic mass is 10.1. The summed E-state index contributed by atoms with van der Waals surface area (Å²) < 4.78 is 15.0. The normalized spacial score (nSPS) is 11.4. The van der Waals surface area contributed by atoms with Gasteiger partial charge in [0.2, 0.25) is 5.91 Å². The Morgan fingerprint density at radius 3 is 2.80 bits per heavy atom. The van der Waals surface area contributed by atoms with Crippen molar-refractivity contribution in [1.82, 2.24) is 20.2 Å². The predicted octanol–water partition coefficient (Wildman–Crippen LogP) is 8.18.